The molecule has 124 valence electrons. The van der Waals surface area contributed by atoms with E-state index in [0.717, 1.165) is 0 Å². The second-order valence-corrected chi connectivity index (χ2v) is 7.31. The van der Waals surface area contributed by atoms with Gasteiger partial charge < -0.3 is 4.42 Å². The molecule has 0 fully saturated rings. The van der Waals surface area contributed by atoms with Gasteiger partial charge in [0.05, 0.1) is 22.2 Å². The molecular weight excluding hydrogens is 338 g/mol. The van der Waals surface area contributed by atoms with Gasteiger partial charge in [-0.15, -0.1) is 0 Å². The normalized spacial score (nSPS) is 11.7. The van der Waals surface area contributed by atoms with Gasteiger partial charge in [0.1, 0.15) is 5.76 Å². The van der Waals surface area contributed by atoms with Gasteiger partial charge in [-0.2, -0.15) is 0 Å². The summed E-state index contributed by atoms with van der Waals surface area (Å²) >= 11 is 0. The maximum Gasteiger partial charge on any atom is 0.268 e. The highest BCUT2D eigenvalue weighted by Gasteiger charge is 2.23. The summed E-state index contributed by atoms with van der Waals surface area (Å²) in [6.07, 6.45) is 3.60. The number of hydrogen-bond donors (Lipinski definition) is 0. The van der Waals surface area contributed by atoms with E-state index < -0.39 is 10.0 Å². The minimum atomic E-state index is -3.77. The van der Waals surface area contributed by atoms with Crippen molar-refractivity contribution in [3.8, 4) is 11.3 Å². The van der Waals surface area contributed by atoms with Crippen LogP contribution in [-0.2, 0) is 10.0 Å². The van der Waals surface area contributed by atoms with Crippen LogP contribution in [0.5, 0.6) is 0 Å². The van der Waals surface area contributed by atoms with Crippen LogP contribution in [0.4, 0.5) is 0 Å². The van der Waals surface area contributed by atoms with E-state index in [1.54, 1.807) is 54.6 Å². The van der Waals surface area contributed by atoms with Crippen molar-refractivity contribution < 1.29 is 17.6 Å². The molecule has 0 unspecified atom stereocenters. The average molecular weight is 351 g/mol. The predicted octanol–water partition coefficient (Wildman–Crippen LogP) is 3.95. The van der Waals surface area contributed by atoms with Crippen LogP contribution in [0, 0.1) is 0 Å². The van der Waals surface area contributed by atoms with E-state index in [2.05, 4.69) is 0 Å². The Morgan fingerprint density at radius 1 is 0.920 bits per heavy atom. The first-order chi connectivity index (χ1) is 12.1. The first-order valence-corrected chi connectivity index (χ1v) is 9.00. The van der Waals surface area contributed by atoms with Crippen molar-refractivity contribution in [3.63, 3.8) is 0 Å². The summed E-state index contributed by atoms with van der Waals surface area (Å²) in [7, 11) is -3.77. The van der Waals surface area contributed by atoms with E-state index in [9.17, 15) is 13.2 Å². The predicted molar refractivity (Wildman–Crippen MR) is 94.1 cm³/mol. The van der Waals surface area contributed by atoms with Crippen LogP contribution in [0.3, 0.4) is 0 Å². The standard InChI is InChI=1S/C19H13NO4S/c21-13-14-10-11-24-19(14)17-12-20(18-9-5-4-8-16(17)18)25(22,23)15-6-2-1-3-7-15/h1-13H. The van der Waals surface area contributed by atoms with Crippen LogP contribution in [0.1, 0.15) is 10.4 Å². The van der Waals surface area contributed by atoms with Gasteiger partial charge in [-0.1, -0.05) is 36.4 Å². The van der Waals surface area contributed by atoms with Crippen LogP contribution < -0.4 is 0 Å². The summed E-state index contributed by atoms with van der Waals surface area (Å²) in [5, 5.41) is 0.694. The molecule has 0 spiro atoms. The number of nitrogens with zero attached hydrogens (tertiary/aromatic N) is 1. The summed E-state index contributed by atoms with van der Waals surface area (Å²) in [5.41, 5.74) is 1.46. The maximum atomic E-state index is 13.0. The number of aromatic nitrogens is 1. The lowest BCUT2D eigenvalue weighted by Crippen LogP contribution is -2.11. The van der Waals surface area contributed by atoms with Gasteiger partial charge in [0, 0.05) is 17.1 Å². The van der Waals surface area contributed by atoms with Crippen molar-refractivity contribution in [1.29, 1.82) is 0 Å². The number of para-hydroxylation sites is 1. The number of carbonyl (C=O) groups excluding carboxylic acids is 1. The molecule has 5 nitrogen and oxygen atoms in total. The Balaban J connectivity index is 2.03. The molecule has 0 N–H and O–H groups in total. The molecule has 0 radical (unpaired) electrons. The first-order valence-electron chi connectivity index (χ1n) is 7.56. The van der Waals surface area contributed by atoms with Crippen LogP contribution >= 0.6 is 0 Å². The van der Waals surface area contributed by atoms with Crippen LogP contribution in [-0.4, -0.2) is 18.7 Å². The Labute approximate surface area is 144 Å². The van der Waals surface area contributed by atoms with Crippen LogP contribution in [0.2, 0.25) is 0 Å². The van der Waals surface area contributed by atoms with Crippen LogP contribution in [0.25, 0.3) is 22.2 Å². The zero-order valence-electron chi connectivity index (χ0n) is 13.0. The van der Waals surface area contributed by atoms with Crippen molar-refractivity contribution in [2.75, 3.05) is 0 Å². The minimum absolute atomic E-state index is 0.192. The summed E-state index contributed by atoms with van der Waals surface area (Å²) < 4.78 is 32.8. The summed E-state index contributed by atoms with van der Waals surface area (Å²) in [4.78, 5) is 11.4. The molecule has 2 heterocycles. The third kappa shape index (κ3) is 2.38. The molecule has 0 saturated carbocycles. The van der Waals surface area contributed by atoms with E-state index in [4.69, 9.17) is 4.42 Å². The van der Waals surface area contributed by atoms with Gasteiger partial charge in [0.15, 0.2) is 6.29 Å². The summed E-state index contributed by atoms with van der Waals surface area (Å²) in [6.45, 7) is 0. The maximum absolute atomic E-state index is 13.0. The van der Waals surface area contributed by atoms with Crippen LogP contribution in [0.15, 0.2) is 82.4 Å². The molecule has 2 aromatic carbocycles. The molecule has 0 aliphatic heterocycles. The Morgan fingerprint density at radius 2 is 1.64 bits per heavy atom. The fraction of sp³-hybridized carbons (Fsp3) is 0. The molecule has 25 heavy (non-hydrogen) atoms. The lowest BCUT2D eigenvalue weighted by atomic mass is 10.1. The van der Waals surface area contributed by atoms with Gasteiger partial charge in [0.25, 0.3) is 10.0 Å². The molecule has 0 aliphatic rings. The number of rotatable bonds is 4. The molecule has 4 rings (SSSR count). The number of fused-ring (bicyclic) bond motifs is 1. The van der Waals surface area contributed by atoms with Gasteiger partial charge in [-0.3, -0.25) is 4.79 Å². The van der Waals surface area contributed by atoms with E-state index in [1.165, 1.54) is 16.4 Å². The molecular formula is C19H13NO4S. The molecule has 0 amide bonds. The Kier molecular flexibility index (Phi) is 3.54. The third-order valence-corrected chi connectivity index (χ3v) is 5.73. The van der Waals surface area contributed by atoms with Gasteiger partial charge in [-0.05, 0) is 24.3 Å². The lowest BCUT2D eigenvalue weighted by Gasteiger charge is -2.07. The molecule has 0 saturated heterocycles. The van der Waals surface area contributed by atoms with Crippen molar-refractivity contribution in [2.24, 2.45) is 0 Å². The molecule has 0 atom stereocenters. The second-order valence-electron chi connectivity index (χ2n) is 5.50. The van der Waals surface area contributed by atoms with Crippen molar-refractivity contribution in [2.45, 2.75) is 4.90 Å². The minimum Gasteiger partial charge on any atom is -0.464 e. The lowest BCUT2D eigenvalue weighted by molar-refractivity contribution is 0.112. The fourth-order valence-electron chi connectivity index (χ4n) is 2.87. The van der Waals surface area contributed by atoms with E-state index in [-0.39, 0.29) is 4.90 Å². The monoisotopic (exact) mass is 351 g/mol. The van der Waals surface area contributed by atoms with Crippen molar-refractivity contribution >= 4 is 27.2 Å². The molecule has 4 aromatic rings. The van der Waals surface area contributed by atoms with E-state index >= 15 is 0 Å². The first kappa shape index (κ1) is 15.4. The van der Waals surface area contributed by atoms with E-state index in [0.29, 0.717) is 34.1 Å². The number of furan rings is 1. The molecule has 0 bridgehead atoms. The summed E-state index contributed by atoms with van der Waals surface area (Å²) in [5.74, 6) is 0.355. The molecule has 2 aromatic heterocycles. The SMILES string of the molecule is O=Cc1ccoc1-c1cn(S(=O)(=O)c2ccccc2)c2ccccc12. The third-order valence-electron chi connectivity index (χ3n) is 4.05. The average Bonchev–Trinajstić information content (AvgIpc) is 3.26. The topological polar surface area (TPSA) is 69.3 Å². The van der Waals surface area contributed by atoms with Crippen molar-refractivity contribution in [1.82, 2.24) is 3.97 Å². The second kappa shape index (κ2) is 5.75. The smallest absolute Gasteiger partial charge is 0.268 e. The highest BCUT2D eigenvalue weighted by Crippen LogP contribution is 2.34. The number of benzene rings is 2. The van der Waals surface area contributed by atoms with Gasteiger partial charge >= 0.3 is 0 Å². The Bertz CT molecular complexity index is 1170. The van der Waals surface area contributed by atoms with Gasteiger partial charge in [-0.25, -0.2) is 12.4 Å². The Morgan fingerprint density at radius 3 is 2.40 bits per heavy atom. The fourth-order valence-corrected chi connectivity index (χ4v) is 4.26. The number of aldehydes is 1. The van der Waals surface area contributed by atoms with Crippen molar-refractivity contribution in [3.05, 3.63) is 78.7 Å². The number of carbonyl (C=O) groups is 1. The van der Waals surface area contributed by atoms with Gasteiger partial charge in [0.2, 0.25) is 0 Å². The van der Waals surface area contributed by atoms with E-state index in [1.807, 2.05) is 6.07 Å². The highest BCUT2D eigenvalue weighted by molar-refractivity contribution is 7.90. The summed E-state index contributed by atoms with van der Waals surface area (Å²) in [6, 6.07) is 16.9. The molecule has 0 aliphatic carbocycles. The Hall–Kier alpha value is -3.12. The zero-order chi connectivity index (χ0) is 17.4. The highest BCUT2D eigenvalue weighted by atomic mass is 32.2. The number of hydrogen-bond acceptors (Lipinski definition) is 4. The zero-order valence-corrected chi connectivity index (χ0v) is 13.8. The largest absolute Gasteiger partial charge is 0.464 e. The quantitative estimate of drug-likeness (QED) is 0.522. The molecule has 6 heteroatoms.